The van der Waals surface area contributed by atoms with Crippen molar-refractivity contribution in [2.75, 3.05) is 34.0 Å². The van der Waals surface area contributed by atoms with E-state index in [2.05, 4.69) is 10.3 Å². The van der Waals surface area contributed by atoms with Crippen LogP contribution in [0.3, 0.4) is 0 Å². The van der Waals surface area contributed by atoms with E-state index in [0.717, 1.165) is 11.1 Å². The van der Waals surface area contributed by atoms with Crippen LogP contribution in [0.2, 0.25) is 0 Å². The first-order valence-electron chi connectivity index (χ1n) is 13.6. The number of benzene rings is 2. The first-order chi connectivity index (χ1) is 20.4. The quantitative estimate of drug-likeness (QED) is 0.182. The molecule has 1 saturated heterocycles. The molecule has 1 aliphatic heterocycles. The SMILES string of the molecule is CCCOc1c(OCCNC(=O)OCc2ccccc2)cc([C@@H]2CC[C@@H](c3cnc(OC)c(OC)c3)O2)cc1S(=O)[O-].[Y]. The minimum Gasteiger partial charge on any atom is -0.768 e. The summed E-state index contributed by atoms with van der Waals surface area (Å²) in [7, 11) is 3.06. The number of hydrogen-bond donors (Lipinski definition) is 1. The summed E-state index contributed by atoms with van der Waals surface area (Å²) >= 11 is -2.59. The topological polar surface area (TPSA) is 138 Å². The van der Waals surface area contributed by atoms with Crippen LogP contribution in [0.25, 0.3) is 0 Å². The molecule has 13 heteroatoms. The predicted octanol–water partition coefficient (Wildman–Crippen LogP) is 5.02. The summed E-state index contributed by atoms with van der Waals surface area (Å²) < 4.78 is 58.4. The van der Waals surface area contributed by atoms with E-state index < -0.39 is 17.2 Å². The number of alkyl carbamates (subject to hydrolysis) is 1. The van der Waals surface area contributed by atoms with Crippen LogP contribution >= 0.6 is 0 Å². The smallest absolute Gasteiger partial charge is 0.407 e. The molecule has 2 aromatic carbocycles. The zero-order valence-corrected chi connectivity index (χ0v) is 28.1. The Morgan fingerprint density at radius 2 is 1.74 bits per heavy atom. The molecule has 229 valence electrons. The van der Waals surface area contributed by atoms with E-state index in [0.29, 0.717) is 43.1 Å². The van der Waals surface area contributed by atoms with Crippen LogP contribution in [0.5, 0.6) is 23.1 Å². The van der Waals surface area contributed by atoms with E-state index in [4.69, 9.17) is 28.4 Å². The summed E-state index contributed by atoms with van der Waals surface area (Å²) in [5.41, 5.74) is 2.34. The van der Waals surface area contributed by atoms with Gasteiger partial charge < -0.3 is 38.3 Å². The molecular formula is C30H35N2O9SY-. The van der Waals surface area contributed by atoms with Crippen LogP contribution < -0.4 is 24.3 Å². The second-order valence-electron chi connectivity index (χ2n) is 9.44. The fraction of sp³-hybridized carbons (Fsp3) is 0.400. The molecule has 1 amide bonds. The van der Waals surface area contributed by atoms with Crippen LogP contribution in [0.4, 0.5) is 4.79 Å². The zero-order valence-electron chi connectivity index (χ0n) is 24.4. The molecule has 0 bridgehead atoms. The van der Waals surface area contributed by atoms with Crippen molar-refractivity contribution < 1.29 is 74.7 Å². The van der Waals surface area contributed by atoms with Crippen molar-refractivity contribution in [2.45, 2.75) is 49.9 Å². The molecule has 1 radical (unpaired) electrons. The van der Waals surface area contributed by atoms with E-state index in [1.165, 1.54) is 7.11 Å². The standard InChI is InChI=1S/C30H36N2O9S.Y/c1-4-13-39-28-25(38-14-12-31-30(33)40-19-20-8-6-5-7-9-20)15-21(17-27(28)42(34)35)23-10-11-24(41-23)22-16-26(36-2)29(37-3)32-18-22;/h5-9,15-18,23-24H,4,10-14,19H2,1-3H3,(H,31,33)(H,34,35);/p-1/t23-,24-;/m0./s1. The van der Waals surface area contributed by atoms with Gasteiger partial charge in [0.25, 0.3) is 5.88 Å². The Bertz CT molecular complexity index is 1360. The zero-order chi connectivity index (χ0) is 29.9. The molecule has 1 aliphatic rings. The molecule has 0 saturated carbocycles. The van der Waals surface area contributed by atoms with Gasteiger partial charge in [-0.1, -0.05) is 37.3 Å². The molecule has 2 heterocycles. The first kappa shape index (κ1) is 34.7. The number of rotatable bonds is 14. The van der Waals surface area contributed by atoms with Gasteiger partial charge in [-0.2, -0.15) is 0 Å². The summed E-state index contributed by atoms with van der Waals surface area (Å²) in [5.74, 6) is 1.25. The van der Waals surface area contributed by atoms with Gasteiger partial charge in [0.15, 0.2) is 17.2 Å². The fourth-order valence-corrected chi connectivity index (χ4v) is 5.04. The van der Waals surface area contributed by atoms with Gasteiger partial charge in [-0.05, 0) is 59.7 Å². The second kappa shape index (κ2) is 17.5. The Balaban J connectivity index is 0.00000506. The van der Waals surface area contributed by atoms with Crippen molar-refractivity contribution >= 4 is 17.2 Å². The van der Waals surface area contributed by atoms with Gasteiger partial charge in [0.1, 0.15) is 13.2 Å². The number of hydrogen-bond acceptors (Lipinski definition) is 10. The Kier molecular flexibility index (Phi) is 14.1. The minimum atomic E-state index is -2.59. The first-order valence-corrected chi connectivity index (χ1v) is 14.7. The largest absolute Gasteiger partial charge is 0.768 e. The molecule has 0 aliphatic carbocycles. The average Bonchev–Trinajstić information content (AvgIpc) is 3.51. The van der Waals surface area contributed by atoms with Gasteiger partial charge in [0, 0.05) is 44.5 Å². The second-order valence-corrected chi connectivity index (χ2v) is 10.3. The molecule has 4 rings (SSSR count). The summed E-state index contributed by atoms with van der Waals surface area (Å²) in [6.45, 7) is 2.56. The molecule has 3 atom stereocenters. The molecule has 0 spiro atoms. The number of amides is 1. The van der Waals surface area contributed by atoms with E-state index in [-0.39, 0.29) is 81.1 Å². The van der Waals surface area contributed by atoms with Gasteiger partial charge in [0.2, 0.25) is 0 Å². The van der Waals surface area contributed by atoms with E-state index in [1.54, 1.807) is 25.4 Å². The van der Waals surface area contributed by atoms with Crippen molar-refractivity contribution in [3.8, 4) is 23.1 Å². The Morgan fingerprint density at radius 1 is 1.02 bits per heavy atom. The fourth-order valence-electron chi connectivity index (χ4n) is 4.50. The van der Waals surface area contributed by atoms with Gasteiger partial charge >= 0.3 is 6.09 Å². The number of nitrogens with one attached hydrogen (secondary N) is 1. The van der Waals surface area contributed by atoms with Crippen LogP contribution in [-0.4, -0.2) is 53.8 Å². The summed E-state index contributed by atoms with van der Waals surface area (Å²) in [5, 5.41) is 2.64. The molecule has 1 fully saturated rings. The summed E-state index contributed by atoms with van der Waals surface area (Å²) in [4.78, 5) is 16.4. The number of ether oxygens (including phenoxy) is 6. The average molecular weight is 689 g/mol. The van der Waals surface area contributed by atoms with Crippen LogP contribution in [0.1, 0.15) is 55.1 Å². The number of aromatic nitrogens is 1. The van der Waals surface area contributed by atoms with Crippen molar-refractivity contribution in [1.29, 1.82) is 0 Å². The maximum absolute atomic E-state index is 12.2. The summed E-state index contributed by atoms with van der Waals surface area (Å²) in [6, 6.07) is 14.4. The molecule has 11 nitrogen and oxygen atoms in total. The third-order valence-electron chi connectivity index (χ3n) is 6.53. The van der Waals surface area contributed by atoms with Crippen LogP contribution in [-0.2, 0) is 59.9 Å². The van der Waals surface area contributed by atoms with Crippen molar-refractivity contribution in [3.63, 3.8) is 0 Å². The van der Waals surface area contributed by atoms with Crippen molar-refractivity contribution in [2.24, 2.45) is 0 Å². The van der Waals surface area contributed by atoms with E-state index in [1.807, 2.05) is 43.3 Å². The Labute approximate surface area is 279 Å². The predicted molar refractivity (Wildman–Crippen MR) is 153 cm³/mol. The molecule has 1 unspecified atom stereocenters. The normalized spacial score (nSPS) is 16.5. The third-order valence-corrected chi connectivity index (χ3v) is 7.19. The third kappa shape index (κ3) is 9.61. The van der Waals surface area contributed by atoms with Gasteiger partial charge in [-0.15, -0.1) is 0 Å². The molecule has 3 aromatic rings. The number of carbonyl (C=O) groups excluding carboxylic acids is 1. The molecule has 1 aromatic heterocycles. The monoisotopic (exact) mass is 688 g/mol. The molecule has 43 heavy (non-hydrogen) atoms. The van der Waals surface area contributed by atoms with Crippen molar-refractivity contribution in [3.05, 3.63) is 71.4 Å². The number of pyridine rings is 1. The maximum Gasteiger partial charge on any atom is 0.407 e. The number of nitrogens with zero attached hydrogens (tertiary/aromatic N) is 1. The minimum absolute atomic E-state index is 0. The van der Waals surface area contributed by atoms with Gasteiger partial charge in [-0.25, -0.2) is 9.78 Å². The Morgan fingerprint density at radius 3 is 2.42 bits per heavy atom. The Hall–Kier alpha value is -2.77. The number of methoxy groups -OCH3 is 2. The van der Waals surface area contributed by atoms with E-state index >= 15 is 0 Å². The number of carbonyl (C=O) groups is 1. The maximum atomic E-state index is 12.2. The molecular weight excluding hydrogens is 653 g/mol. The summed E-state index contributed by atoms with van der Waals surface area (Å²) in [6.07, 6.45) is 2.45. The van der Waals surface area contributed by atoms with Crippen molar-refractivity contribution in [1.82, 2.24) is 10.3 Å². The van der Waals surface area contributed by atoms with Gasteiger partial charge in [-0.3, -0.25) is 4.21 Å². The van der Waals surface area contributed by atoms with Crippen LogP contribution in [0, 0.1) is 0 Å². The van der Waals surface area contributed by atoms with E-state index in [9.17, 15) is 13.6 Å². The molecule has 1 N–H and O–H groups in total. The van der Waals surface area contributed by atoms with Gasteiger partial charge in [0.05, 0.1) is 44.5 Å². The van der Waals surface area contributed by atoms with Crippen LogP contribution in [0.15, 0.2) is 59.6 Å².